The van der Waals surface area contributed by atoms with Crippen molar-refractivity contribution in [3.63, 3.8) is 0 Å². The van der Waals surface area contributed by atoms with Gasteiger partial charge in [0.15, 0.2) is 0 Å². The molecule has 0 saturated heterocycles. The maximum absolute atomic E-state index is 12.1. The minimum Gasteiger partial charge on any atom is -0.492 e. The van der Waals surface area contributed by atoms with E-state index >= 15 is 0 Å². The largest absolute Gasteiger partial charge is 0.492 e. The smallest absolute Gasteiger partial charge is 0.415 e. The number of nitrogens with one attached hydrogen (secondary N) is 3. The van der Waals surface area contributed by atoms with Crippen LogP contribution >= 0.6 is 0 Å². The number of aromatic nitrogens is 2. The zero-order valence-electron chi connectivity index (χ0n) is 16.9. The lowest BCUT2D eigenvalue weighted by molar-refractivity contribution is 0.196. The molecule has 7 nitrogen and oxygen atoms in total. The van der Waals surface area contributed by atoms with E-state index in [4.69, 9.17) is 9.47 Å². The summed E-state index contributed by atoms with van der Waals surface area (Å²) in [6.07, 6.45) is -0.554. The molecule has 0 unspecified atom stereocenters. The van der Waals surface area contributed by atoms with Gasteiger partial charge in [0.25, 0.3) is 0 Å². The Morgan fingerprint density at radius 3 is 2.81 bits per heavy atom. The molecule has 1 aromatic heterocycles. The van der Waals surface area contributed by atoms with Crippen molar-refractivity contribution in [3.05, 3.63) is 77.9 Å². The Labute approximate surface area is 179 Å². The number of carbonyl (C=O) groups is 1. The minimum absolute atomic E-state index is 0.164. The van der Waals surface area contributed by atoms with E-state index in [-0.39, 0.29) is 6.01 Å². The van der Waals surface area contributed by atoms with Crippen LogP contribution in [0.25, 0.3) is 22.2 Å². The highest BCUT2D eigenvalue weighted by atomic mass is 16.6. The van der Waals surface area contributed by atoms with E-state index in [1.807, 2.05) is 54.6 Å². The summed E-state index contributed by atoms with van der Waals surface area (Å²) < 4.78 is 11.1. The minimum atomic E-state index is -0.554. The Kier molecular flexibility index (Phi) is 5.24. The zero-order chi connectivity index (χ0) is 21.0. The van der Waals surface area contributed by atoms with E-state index in [1.54, 1.807) is 0 Å². The second-order valence-electron chi connectivity index (χ2n) is 7.35. The fourth-order valence-corrected chi connectivity index (χ4v) is 3.60. The van der Waals surface area contributed by atoms with Crippen LogP contribution in [0, 0.1) is 0 Å². The van der Waals surface area contributed by atoms with Crippen LogP contribution in [0.2, 0.25) is 0 Å². The first kappa shape index (κ1) is 19.1. The van der Waals surface area contributed by atoms with Crippen molar-refractivity contribution in [2.45, 2.75) is 13.1 Å². The fourth-order valence-electron chi connectivity index (χ4n) is 3.60. The molecular formula is C24H22N4O3. The predicted molar refractivity (Wildman–Crippen MR) is 118 cm³/mol. The van der Waals surface area contributed by atoms with Crippen LogP contribution in [-0.2, 0) is 13.1 Å². The van der Waals surface area contributed by atoms with Crippen LogP contribution in [0.5, 0.6) is 11.8 Å². The standard InChI is InChI=1S/C24H22N4O3/c29-24(26-14-16-4-2-1-3-5-16)31-23-27-20-8-6-18(13-21(20)28-23)17-7-9-22-19(12-17)15-25-10-11-30-22/h1-9,12-13,25H,10-11,14-15H2,(H,26,29)(H,27,28). The summed E-state index contributed by atoms with van der Waals surface area (Å²) in [6.45, 7) is 2.69. The zero-order valence-corrected chi connectivity index (χ0v) is 16.9. The van der Waals surface area contributed by atoms with Gasteiger partial charge in [-0.05, 0) is 41.0 Å². The quantitative estimate of drug-likeness (QED) is 0.470. The molecule has 0 aliphatic carbocycles. The van der Waals surface area contributed by atoms with E-state index in [0.29, 0.717) is 13.2 Å². The summed E-state index contributed by atoms with van der Waals surface area (Å²) in [5.41, 5.74) is 5.80. The van der Waals surface area contributed by atoms with Gasteiger partial charge in [-0.3, -0.25) is 0 Å². The van der Waals surface area contributed by atoms with Crippen LogP contribution in [0.15, 0.2) is 66.7 Å². The molecule has 5 rings (SSSR count). The van der Waals surface area contributed by atoms with Gasteiger partial charge in [-0.2, -0.15) is 4.98 Å². The molecule has 1 aliphatic rings. The molecule has 3 aromatic carbocycles. The molecule has 7 heteroatoms. The van der Waals surface area contributed by atoms with Gasteiger partial charge in [0.1, 0.15) is 12.4 Å². The summed E-state index contributed by atoms with van der Waals surface area (Å²) in [4.78, 5) is 19.5. The number of hydrogen-bond donors (Lipinski definition) is 3. The molecule has 0 atom stereocenters. The van der Waals surface area contributed by atoms with Gasteiger partial charge in [0.2, 0.25) is 0 Å². The van der Waals surface area contributed by atoms with Crippen molar-refractivity contribution in [3.8, 4) is 22.9 Å². The summed E-state index contributed by atoms with van der Waals surface area (Å²) in [7, 11) is 0. The second-order valence-corrected chi connectivity index (χ2v) is 7.35. The number of carbonyl (C=O) groups excluding carboxylic acids is 1. The monoisotopic (exact) mass is 414 g/mol. The Balaban J connectivity index is 1.31. The van der Waals surface area contributed by atoms with Gasteiger partial charge < -0.3 is 25.1 Å². The van der Waals surface area contributed by atoms with Crippen molar-refractivity contribution in [2.24, 2.45) is 0 Å². The SMILES string of the molecule is O=C(NCc1ccccc1)Oc1nc2ccc(-c3ccc4c(c3)CNCCO4)cc2[nH]1. The van der Waals surface area contributed by atoms with Crippen LogP contribution in [-0.4, -0.2) is 29.2 Å². The molecular weight excluding hydrogens is 392 g/mol. The molecule has 4 aromatic rings. The summed E-state index contributed by atoms with van der Waals surface area (Å²) in [5.74, 6) is 0.925. The van der Waals surface area contributed by atoms with E-state index < -0.39 is 6.09 Å². The number of rotatable bonds is 4. The summed E-state index contributed by atoms with van der Waals surface area (Å²) in [6, 6.07) is 21.9. The number of fused-ring (bicyclic) bond motifs is 2. The maximum Gasteiger partial charge on any atom is 0.415 e. The average Bonchev–Trinajstić information content (AvgIpc) is 3.04. The number of ether oxygens (including phenoxy) is 2. The number of amides is 1. The molecule has 0 radical (unpaired) electrons. The lowest BCUT2D eigenvalue weighted by Gasteiger charge is -2.09. The molecule has 0 saturated carbocycles. The molecule has 156 valence electrons. The predicted octanol–water partition coefficient (Wildman–Crippen LogP) is 4.00. The van der Waals surface area contributed by atoms with Crippen molar-refractivity contribution >= 4 is 17.1 Å². The highest BCUT2D eigenvalue weighted by Crippen LogP contribution is 2.29. The lowest BCUT2D eigenvalue weighted by Crippen LogP contribution is -2.26. The van der Waals surface area contributed by atoms with Crippen molar-refractivity contribution in [2.75, 3.05) is 13.2 Å². The Hall–Kier alpha value is -3.84. The van der Waals surface area contributed by atoms with Crippen LogP contribution in [0.3, 0.4) is 0 Å². The molecule has 1 amide bonds. The van der Waals surface area contributed by atoms with Crippen molar-refractivity contribution in [1.29, 1.82) is 0 Å². The van der Waals surface area contributed by atoms with E-state index in [0.717, 1.165) is 52.1 Å². The fraction of sp³-hybridized carbons (Fsp3) is 0.167. The van der Waals surface area contributed by atoms with Gasteiger partial charge in [0.05, 0.1) is 11.0 Å². The van der Waals surface area contributed by atoms with Gasteiger partial charge in [-0.25, -0.2) is 4.79 Å². The van der Waals surface area contributed by atoms with E-state index in [1.165, 1.54) is 0 Å². The molecule has 0 fully saturated rings. The number of aromatic amines is 1. The highest BCUT2D eigenvalue weighted by molar-refractivity contribution is 5.83. The van der Waals surface area contributed by atoms with Gasteiger partial charge in [-0.1, -0.05) is 42.5 Å². The first-order valence-corrected chi connectivity index (χ1v) is 10.2. The second kappa shape index (κ2) is 8.49. The summed E-state index contributed by atoms with van der Waals surface area (Å²) in [5, 5.41) is 6.08. The third kappa shape index (κ3) is 4.36. The Morgan fingerprint density at radius 2 is 1.90 bits per heavy atom. The Morgan fingerprint density at radius 1 is 1.06 bits per heavy atom. The molecule has 31 heavy (non-hydrogen) atoms. The number of nitrogens with zero attached hydrogens (tertiary/aromatic N) is 1. The van der Waals surface area contributed by atoms with Crippen LogP contribution in [0.4, 0.5) is 4.79 Å². The van der Waals surface area contributed by atoms with E-state index in [2.05, 4.69) is 32.7 Å². The van der Waals surface area contributed by atoms with Crippen molar-refractivity contribution in [1.82, 2.24) is 20.6 Å². The number of imidazole rings is 1. The van der Waals surface area contributed by atoms with E-state index in [9.17, 15) is 4.79 Å². The number of hydrogen-bond acceptors (Lipinski definition) is 5. The molecule has 2 heterocycles. The molecule has 1 aliphatic heterocycles. The van der Waals surface area contributed by atoms with Crippen LogP contribution in [0.1, 0.15) is 11.1 Å². The normalized spacial score (nSPS) is 13.2. The first-order valence-electron chi connectivity index (χ1n) is 10.2. The van der Waals surface area contributed by atoms with Gasteiger partial charge in [-0.15, -0.1) is 0 Å². The maximum atomic E-state index is 12.1. The average molecular weight is 414 g/mol. The topological polar surface area (TPSA) is 88.3 Å². The highest BCUT2D eigenvalue weighted by Gasteiger charge is 2.12. The van der Waals surface area contributed by atoms with Crippen molar-refractivity contribution < 1.29 is 14.3 Å². The third-order valence-electron chi connectivity index (χ3n) is 5.17. The Bertz CT molecular complexity index is 1220. The molecule has 0 bridgehead atoms. The van der Waals surface area contributed by atoms with Gasteiger partial charge >= 0.3 is 12.1 Å². The number of H-pyrrole nitrogens is 1. The molecule has 0 spiro atoms. The first-order chi connectivity index (χ1) is 15.2. The lowest BCUT2D eigenvalue weighted by atomic mass is 10.0. The third-order valence-corrected chi connectivity index (χ3v) is 5.17. The summed E-state index contributed by atoms with van der Waals surface area (Å²) >= 11 is 0. The van der Waals surface area contributed by atoms with Gasteiger partial charge in [0, 0.05) is 25.2 Å². The number of benzene rings is 3. The van der Waals surface area contributed by atoms with Crippen LogP contribution < -0.4 is 20.1 Å². The molecule has 3 N–H and O–H groups in total.